The van der Waals surface area contributed by atoms with Crippen LogP contribution in [0.25, 0.3) is 0 Å². The Balaban J connectivity index is 2.05. The highest BCUT2D eigenvalue weighted by atomic mass is 79.9. The predicted octanol–water partition coefficient (Wildman–Crippen LogP) is 2.90. The van der Waals surface area contributed by atoms with Crippen LogP contribution in [0.5, 0.6) is 0 Å². The van der Waals surface area contributed by atoms with Crippen LogP contribution < -0.4 is 10.2 Å². The van der Waals surface area contributed by atoms with Gasteiger partial charge in [-0.25, -0.2) is 4.98 Å². The van der Waals surface area contributed by atoms with E-state index < -0.39 is 0 Å². The Morgan fingerprint density at radius 2 is 2.32 bits per heavy atom. The second-order valence-electron chi connectivity index (χ2n) is 4.20. The number of halogens is 1. The first kappa shape index (κ1) is 14.0. The van der Waals surface area contributed by atoms with Gasteiger partial charge in [-0.05, 0) is 28.1 Å². The molecule has 0 aliphatic carbocycles. The van der Waals surface area contributed by atoms with Gasteiger partial charge in [-0.15, -0.1) is 11.3 Å². The normalized spacial score (nSPS) is 10.3. The fourth-order valence-corrected chi connectivity index (χ4v) is 2.81. The molecule has 0 aliphatic heterocycles. The molecule has 0 saturated heterocycles. The Morgan fingerprint density at radius 3 is 2.95 bits per heavy atom. The van der Waals surface area contributed by atoms with Crippen molar-refractivity contribution in [1.29, 1.82) is 0 Å². The summed E-state index contributed by atoms with van der Waals surface area (Å²) in [6.07, 6.45) is 1.75. The number of hydrogen-bond donors (Lipinski definition) is 1. The van der Waals surface area contributed by atoms with Gasteiger partial charge in [-0.2, -0.15) is 0 Å². The first-order valence-corrected chi connectivity index (χ1v) is 7.38. The van der Waals surface area contributed by atoms with Crippen molar-refractivity contribution < 1.29 is 4.79 Å². The number of carbonyl (C=O) groups is 1. The molecule has 2 rings (SSSR count). The number of thiophene rings is 1. The van der Waals surface area contributed by atoms with Gasteiger partial charge in [0.25, 0.3) is 5.91 Å². The number of hydrogen-bond acceptors (Lipinski definition) is 4. The highest BCUT2D eigenvalue weighted by molar-refractivity contribution is 9.11. The predicted molar refractivity (Wildman–Crippen MR) is 81.8 cm³/mol. The van der Waals surface area contributed by atoms with Crippen molar-refractivity contribution in [3.8, 4) is 0 Å². The van der Waals surface area contributed by atoms with Crippen LogP contribution >= 0.6 is 27.3 Å². The number of rotatable bonds is 4. The van der Waals surface area contributed by atoms with Crippen LogP contribution in [0.4, 0.5) is 5.82 Å². The number of anilines is 1. The number of aromatic nitrogens is 1. The van der Waals surface area contributed by atoms with Crippen LogP contribution in [0, 0.1) is 0 Å². The van der Waals surface area contributed by atoms with E-state index in [4.69, 9.17) is 0 Å². The largest absolute Gasteiger partial charge is 0.362 e. The Morgan fingerprint density at radius 1 is 1.53 bits per heavy atom. The quantitative estimate of drug-likeness (QED) is 0.931. The number of nitrogens with one attached hydrogen (secondary N) is 1. The summed E-state index contributed by atoms with van der Waals surface area (Å²) >= 11 is 4.85. The van der Waals surface area contributed by atoms with Crippen molar-refractivity contribution in [2.24, 2.45) is 0 Å². The van der Waals surface area contributed by atoms with Crippen LogP contribution in [0.1, 0.15) is 15.9 Å². The Labute approximate surface area is 124 Å². The van der Waals surface area contributed by atoms with E-state index in [0.29, 0.717) is 12.1 Å². The molecule has 0 spiro atoms. The van der Waals surface area contributed by atoms with E-state index in [1.165, 1.54) is 11.3 Å². The standard InChI is InChI=1S/C13H14BrN3OS/c1-17(2)12-9(4-3-5-15-12)7-16-13(18)10-6-11(14)19-8-10/h3-6,8H,7H2,1-2H3,(H,16,18). The van der Waals surface area contributed by atoms with Gasteiger partial charge in [0.1, 0.15) is 5.82 Å². The minimum absolute atomic E-state index is 0.0736. The van der Waals surface area contributed by atoms with Crippen molar-refractivity contribution in [2.45, 2.75) is 6.54 Å². The van der Waals surface area contributed by atoms with Gasteiger partial charge >= 0.3 is 0 Å². The van der Waals surface area contributed by atoms with Gasteiger partial charge in [-0.3, -0.25) is 4.79 Å². The molecule has 2 heterocycles. The molecule has 0 radical (unpaired) electrons. The maximum absolute atomic E-state index is 12.0. The third-order valence-electron chi connectivity index (χ3n) is 2.56. The molecule has 2 aromatic heterocycles. The molecule has 0 aromatic carbocycles. The molecule has 0 fully saturated rings. The lowest BCUT2D eigenvalue weighted by Gasteiger charge is -2.15. The van der Waals surface area contributed by atoms with Gasteiger partial charge in [0.2, 0.25) is 0 Å². The van der Waals surface area contributed by atoms with Crippen molar-refractivity contribution in [3.63, 3.8) is 0 Å². The van der Waals surface area contributed by atoms with Crippen molar-refractivity contribution >= 4 is 39.0 Å². The van der Waals surface area contributed by atoms with Gasteiger partial charge < -0.3 is 10.2 Å². The summed E-state index contributed by atoms with van der Waals surface area (Å²) in [5.74, 6) is 0.796. The van der Waals surface area contributed by atoms with E-state index in [9.17, 15) is 4.79 Å². The number of amides is 1. The van der Waals surface area contributed by atoms with Crippen LogP contribution in [-0.2, 0) is 6.54 Å². The molecule has 4 nitrogen and oxygen atoms in total. The van der Waals surface area contributed by atoms with E-state index in [0.717, 1.165) is 15.2 Å². The van der Waals surface area contributed by atoms with Gasteiger partial charge in [-0.1, -0.05) is 6.07 Å². The molecular weight excluding hydrogens is 326 g/mol. The minimum atomic E-state index is -0.0736. The van der Waals surface area contributed by atoms with Crippen molar-refractivity contribution in [2.75, 3.05) is 19.0 Å². The minimum Gasteiger partial charge on any atom is -0.362 e. The summed E-state index contributed by atoms with van der Waals surface area (Å²) in [6, 6.07) is 5.65. The monoisotopic (exact) mass is 339 g/mol. The van der Waals surface area contributed by atoms with E-state index in [1.807, 2.05) is 42.6 Å². The number of nitrogens with zero attached hydrogens (tertiary/aromatic N) is 2. The summed E-state index contributed by atoms with van der Waals surface area (Å²) < 4.78 is 0.952. The summed E-state index contributed by atoms with van der Waals surface area (Å²) in [5, 5.41) is 4.73. The highest BCUT2D eigenvalue weighted by Gasteiger charge is 2.10. The summed E-state index contributed by atoms with van der Waals surface area (Å²) in [5.41, 5.74) is 1.67. The molecule has 0 unspecified atom stereocenters. The molecule has 0 aliphatic rings. The summed E-state index contributed by atoms with van der Waals surface area (Å²) in [7, 11) is 3.87. The van der Waals surface area contributed by atoms with Gasteiger partial charge in [0.15, 0.2) is 0 Å². The molecule has 19 heavy (non-hydrogen) atoms. The fraction of sp³-hybridized carbons (Fsp3) is 0.231. The molecule has 1 amide bonds. The number of pyridine rings is 1. The SMILES string of the molecule is CN(C)c1ncccc1CNC(=O)c1csc(Br)c1. The first-order valence-electron chi connectivity index (χ1n) is 5.71. The van der Waals surface area contributed by atoms with Crippen molar-refractivity contribution in [3.05, 3.63) is 44.7 Å². The average Bonchev–Trinajstić information content (AvgIpc) is 2.83. The van der Waals surface area contributed by atoms with Crippen LogP contribution in [-0.4, -0.2) is 25.0 Å². The van der Waals surface area contributed by atoms with Crippen LogP contribution in [0.15, 0.2) is 33.6 Å². The smallest absolute Gasteiger partial charge is 0.252 e. The fourth-order valence-electron chi connectivity index (χ4n) is 1.68. The van der Waals surface area contributed by atoms with E-state index >= 15 is 0 Å². The second kappa shape index (κ2) is 6.16. The maximum Gasteiger partial charge on any atom is 0.252 e. The number of carbonyl (C=O) groups excluding carboxylic acids is 1. The maximum atomic E-state index is 12.0. The second-order valence-corrected chi connectivity index (χ2v) is 6.49. The third kappa shape index (κ3) is 3.54. The molecule has 100 valence electrons. The van der Waals surface area contributed by atoms with Gasteiger partial charge in [0.05, 0.1) is 9.35 Å². The average molecular weight is 340 g/mol. The lowest BCUT2D eigenvalue weighted by atomic mass is 10.2. The summed E-state index contributed by atoms with van der Waals surface area (Å²) in [4.78, 5) is 18.2. The third-order valence-corrected chi connectivity index (χ3v) is 4.06. The lowest BCUT2D eigenvalue weighted by Crippen LogP contribution is -2.24. The van der Waals surface area contributed by atoms with Gasteiger partial charge in [0, 0.05) is 37.8 Å². The van der Waals surface area contributed by atoms with E-state index in [-0.39, 0.29) is 5.91 Å². The Hall–Kier alpha value is -1.40. The first-order chi connectivity index (χ1) is 9.08. The molecule has 2 aromatic rings. The van der Waals surface area contributed by atoms with Crippen LogP contribution in [0.2, 0.25) is 0 Å². The molecule has 6 heteroatoms. The molecular formula is C13H14BrN3OS. The van der Waals surface area contributed by atoms with Crippen LogP contribution in [0.3, 0.4) is 0 Å². The molecule has 1 N–H and O–H groups in total. The highest BCUT2D eigenvalue weighted by Crippen LogP contribution is 2.21. The van der Waals surface area contributed by atoms with E-state index in [2.05, 4.69) is 26.2 Å². The summed E-state index contributed by atoms with van der Waals surface area (Å²) in [6.45, 7) is 0.466. The Bertz CT molecular complexity index is 583. The zero-order chi connectivity index (χ0) is 13.8. The molecule has 0 bridgehead atoms. The van der Waals surface area contributed by atoms with Crippen molar-refractivity contribution in [1.82, 2.24) is 10.3 Å². The topological polar surface area (TPSA) is 45.2 Å². The van der Waals surface area contributed by atoms with E-state index in [1.54, 1.807) is 6.20 Å². The lowest BCUT2D eigenvalue weighted by molar-refractivity contribution is 0.0951. The zero-order valence-corrected chi connectivity index (χ0v) is 13.1. The molecule has 0 atom stereocenters. The molecule has 0 saturated carbocycles. The Kier molecular flexibility index (Phi) is 4.55. The zero-order valence-electron chi connectivity index (χ0n) is 10.7.